The number of benzene rings is 2. The first-order valence-electron chi connectivity index (χ1n) is 7.00. The van der Waals surface area contributed by atoms with Crippen LogP contribution in [0, 0.1) is 0 Å². The van der Waals surface area contributed by atoms with Crippen LogP contribution in [0.15, 0.2) is 30.3 Å². The molecule has 0 aliphatic carbocycles. The highest BCUT2D eigenvalue weighted by molar-refractivity contribution is 6.26. The fourth-order valence-corrected chi connectivity index (χ4v) is 3.09. The molecule has 1 N–H and O–H groups in total. The molecule has 2 amide bonds. The van der Waals surface area contributed by atoms with Crippen molar-refractivity contribution in [2.45, 2.75) is 0 Å². The molecule has 2 aliphatic rings. The fourth-order valence-electron chi connectivity index (χ4n) is 3.09. The van der Waals surface area contributed by atoms with Crippen LogP contribution in [0.3, 0.4) is 0 Å². The molecule has 0 spiro atoms. The smallest absolute Gasteiger partial charge is 0.258 e. The molecule has 2 aliphatic heterocycles. The molecule has 2 aromatic carbocycles. The van der Waals surface area contributed by atoms with Gasteiger partial charge in [0.1, 0.15) is 0 Å². The Morgan fingerprint density at radius 3 is 2.43 bits per heavy atom. The van der Waals surface area contributed by atoms with E-state index in [-0.39, 0.29) is 11.8 Å². The monoisotopic (exact) mass is 282 g/mol. The largest absolute Gasteiger partial charge is 0.378 e. The maximum absolute atomic E-state index is 12.0. The van der Waals surface area contributed by atoms with Gasteiger partial charge in [-0.15, -0.1) is 0 Å². The first kappa shape index (κ1) is 12.3. The van der Waals surface area contributed by atoms with Gasteiger partial charge in [0.25, 0.3) is 11.8 Å². The molecule has 0 saturated carbocycles. The Labute approximate surface area is 121 Å². The molecule has 21 heavy (non-hydrogen) atoms. The van der Waals surface area contributed by atoms with Gasteiger partial charge in [-0.1, -0.05) is 12.1 Å². The summed E-state index contributed by atoms with van der Waals surface area (Å²) in [6, 6.07) is 9.36. The fraction of sp³-hybridized carbons (Fsp3) is 0.250. The number of carbonyl (C=O) groups is 2. The molecule has 1 fully saturated rings. The van der Waals surface area contributed by atoms with Crippen molar-refractivity contribution in [3.63, 3.8) is 0 Å². The molecule has 0 atom stereocenters. The standard InChI is InChI=1S/C16H14N2O3/c19-15-11-3-1-2-10-13(18-6-8-21-9-7-18)5-4-12(14(10)11)16(20)17-15/h1-5H,6-9H2,(H,17,19,20). The lowest BCUT2D eigenvalue weighted by Crippen LogP contribution is -2.37. The lowest BCUT2D eigenvalue weighted by Gasteiger charge is -2.31. The summed E-state index contributed by atoms with van der Waals surface area (Å²) in [6.45, 7) is 3.03. The molecule has 2 aromatic rings. The molecule has 1 saturated heterocycles. The van der Waals surface area contributed by atoms with Gasteiger partial charge in [0.2, 0.25) is 0 Å². The van der Waals surface area contributed by atoms with Crippen molar-refractivity contribution in [2.24, 2.45) is 0 Å². The van der Waals surface area contributed by atoms with Gasteiger partial charge in [0.05, 0.1) is 13.2 Å². The average molecular weight is 282 g/mol. The van der Waals surface area contributed by atoms with Crippen molar-refractivity contribution < 1.29 is 14.3 Å². The van der Waals surface area contributed by atoms with Crippen LogP contribution >= 0.6 is 0 Å². The number of hydrogen-bond acceptors (Lipinski definition) is 4. The Hall–Kier alpha value is -2.40. The summed E-state index contributed by atoms with van der Waals surface area (Å²) in [5.41, 5.74) is 2.19. The second-order valence-corrected chi connectivity index (χ2v) is 5.24. The van der Waals surface area contributed by atoms with Crippen molar-refractivity contribution in [1.82, 2.24) is 5.32 Å². The number of morpholine rings is 1. The number of nitrogens with one attached hydrogen (secondary N) is 1. The van der Waals surface area contributed by atoms with Crippen LogP contribution in [-0.4, -0.2) is 38.1 Å². The number of imide groups is 1. The zero-order chi connectivity index (χ0) is 14.4. The van der Waals surface area contributed by atoms with Crippen molar-refractivity contribution in [3.05, 3.63) is 41.5 Å². The zero-order valence-electron chi connectivity index (χ0n) is 11.4. The molecule has 0 unspecified atom stereocenters. The maximum atomic E-state index is 12.0. The van der Waals surface area contributed by atoms with Gasteiger partial charge in [0.15, 0.2) is 0 Å². The third-order valence-corrected chi connectivity index (χ3v) is 4.09. The number of ether oxygens (including phenoxy) is 1. The van der Waals surface area contributed by atoms with Gasteiger partial charge in [-0.3, -0.25) is 14.9 Å². The van der Waals surface area contributed by atoms with E-state index in [9.17, 15) is 9.59 Å². The second-order valence-electron chi connectivity index (χ2n) is 5.24. The summed E-state index contributed by atoms with van der Waals surface area (Å²) in [4.78, 5) is 26.2. The first-order chi connectivity index (χ1) is 10.3. The van der Waals surface area contributed by atoms with Crippen LogP contribution in [0.4, 0.5) is 5.69 Å². The number of carbonyl (C=O) groups excluding carboxylic acids is 2. The van der Waals surface area contributed by atoms with Crippen molar-refractivity contribution in [2.75, 3.05) is 31.2 Å². The highest BCUT2D eigenvalue weighted by atomic mass is 16.5. The molecular weight excluding hydrogens is 268 g/mol. The van der Waals surface area contributed by atoms with E-state index in [1.54, 1.807) is 12.1 Å². The summed E-state index contributed by atoms with van der Waals surface area (Å²) in [5.74, 6) is -0.644. The van der Waals surface area contributed by atoms with Crippen LogP contribution in [0.1, 0.15) is 20.7 Å². The molecule has 0 bridgehead atoms. The molecular formula is C16H14N2O3. The lowest BCUT2D eigenvalue weighted by atomic mass is 9.94. The Morgan fingerprint density at radius 1 is 0.952 bits per heavy atom. The SMILES string of the molecule is O=C1NC(=O)c2ccc(N3CCOCC3)c3cccc1c23. The quantitative estimate of drug-likeness (QED) is 0.806. The summed E-state index contributed by atoms with van der Waals surface area (Å²) in [7, 11) is 0. The van der Waals surface area contributed by atoms with Crippen molar-refractivity contribution in [1.29, 1.82) is 0 Å². The minimum Gasteiger partial charge on any atom is -0.378 e. The molecule has 0 aromatic heterocycles. The Kier molecular flexibility index (Phi) is 2.68. The van der Waals surface area contributed by atoms with Gasteiger partial charge in [-0.05, 0) is 18.2 Å². The summed E-state index contributed by atoms with van der Waals surface area (Å²) in [6.07, 6.45) is 0. The number of nitrogens with zero attached hydrogens (tertiary/aromatic N) is 1. The van der Waals surface area contributed by atoms with Crippen LogP contribution in [0.25, 0.3) is 10.8 Å². The molecule has 2 heterocycles. The predicted octanol–water partition coefficient (Wildman–Crippen LogP) is 1.56. The molecule has 5 heteroatoms. The van der Waals surface area contributed by atoms with Gasteiger partial charge in [-0.2, -0.15) is 0 Å². The van der Waals surface area contributed by atoms with Crippen molar-refractivity contribution in [3.8, 4) is 0 Å². The number of rotatable bonds is 1. The normalized spacial score (nSPS) is 18.0. The minimum atomic E-state index is -0.322. The zero-order valence-corrected chi connectivity index (χ0v) is 11.4. The average Bonchev–Trinajstić information content (AvgIpc) is 2.53. The van der Waals surface area contributed by atoms with E-state index in [2.05, 4.69) is 10.2 Å². The number of hydrogen-bond donors (Lipinski definition) is 1. The van der Waals surface area contributed by atoms with E-state index in [1.165, 1.54) is 0 Å². The van der Waals surface area contributed by atoms with E-state index in [1.807, 2.05) is 18.2 Å². The minimum absolute atomic E-state index is 0.322. The first-order valence-corrected chi connectivity index (χ1v) is 7.00. The molecule has 0 radical (unpaired) electrons. The third-order valence-electron chi connectivity index (χ3n) is 4.09. The van der Waals surface area contributed by atoms with Gasteiger partial charge in [-0.25, -0.2) is 0 Å². The summed E-state index contributed by atoms with van der Waals surface area (Å²) >= 11 is 0. The molecule has 106 valence electrons. The lowest BCUT2D eigenvalue weighted by molar-refractivity contribution is 0.0845. The van der Waals surface area contributed by atoms with E-state index >= 15 is 0 Å². The number of anilines is 1. The number of amides is 2. The Balaban J connectivity index is 1.98. The van der Waals surface area contributed by atoms with E-state index in [0.29, 0.717) is 24.3 Å². The van der Waals surface area contributed by atoms with Crippen LogP contribution in [0.2, 0.25) is 0 Å². The Morgan fingerprint density at radius 2 is 1.67 bits per heavy atom. The molecule has 4 rings (SSSR count). The van der Waals surface area contributed by atoms with Crippen LogP contribution in [-0.2, 0) is 4.74 Å². The highest BCUT2D eigenvalue weighted by Gasteiger charge is 2.26. The maximum Gasteiger partial charge on any atom is 0.258 e. The second kappa shape index (κ2) is 4.56. The van der Waals surface area contributed by atoms with Gasteiger partial charge >= 0.3 is 0 Å². The summed E-state index contributed by atoms with van der Waals surface area (Å²) < 4.78 is 5.39. The van der Waals surface area contributed by atoms with Crippen molar-refractivity contribution >= 4 is 28.3 Å². The van der Waals surface area contributed by atoms with E-state index in [0.717, 1.165) is 29.5 Å². The summed E-state index contributed by atoms with van der Waals surface area (Å²) in [5, 5.41) is 4.10. The van der Waals surface area contributed by atoms with E-state index in [4.69, 9.17) is 4.74 Å². The third kappa shape index (κ3) is 1.81. The Bertz CT molecular complexity index is 743. The van der Waals surface area contributed by atoms with Gasteiger partial charge in [0, 0.05) is 40.7 Å². The molecule has 5 nitrogen and oxygen atoms in total. The van der Waals surface area contributed by atoms with E-state index < -0.39 is 0 Å². The highest BCUT2D eigenvalue weighted by Crippen LogP contribution is 2.34. The predicted molar refractivity (Wildman–Crippen MR) is 78.8 cm³/mol. The van der Waals surface area contributed by atoms with Crippen LogP contribution < -0.4 is 10.2 Å². The van der Waals surface area contributed by atoms with Crippen LogP contribution in [0.5, 0.6) is 0 Å². The topological polar surface area (TPSA) is 58.6 Å². The van der Waals surface area contributed by atoms with Gasteiger partial charge < -0.3 is 9.64 Å².